The van der Waals surface area contributed by atoms with Crippen LogP contribution in [0.15, 0.2) is 23.1 Å². The number of nitrogens with zero attached hydrogens (tertiary/aromatic N) is 2. The molecule has 8 heteroatoms. The summed E-state index contributed by atoms with van der Waals surface area (Å²) in [7, 11) is -2.11. The highest BCUT2D eigenvalue weighted by atomic mass is 32.2. The number of carbonyl (C=O) groups excluding carboxylic acids is 1. The van der Waals surface area contributed by atoms with E-state index in [1.165, 1.54) is 19.2 Å². The molecule has 2 fully saturated rings. The lowest BCUT2D eigenvalue weighted by molar-refractivity contribution is 0.0732. The van der Waals surface area contributed by atoms with Crippen molar-refractivity contribution in [3.63, 3.8) is 0 Å². The quantitative estimate of drug-likeness (QED) is 0.851. The fourth-order valence-corrected chi connectivity index (χ4v) is 5.03. The lowest BCUT2D eigenvalue weighted by atomic mass is 10.1. The van der Waals surface area contributed by atoms with Gasteiger partial charge in [0, 0.05) is 39.3 Å². The fraction of sp³-hybridized carbons (Fsp3) is 0.611. The first-order chi connectivity index (χ1) is 12.5. The van der Waals surface area contributed by atoms with Crippen molar-refractivity contribution in [2.75, 3.05) is 46.4 Å². The molecule has 0 unspecified atom stereocenters. The molecule has 1 N–H and O–H groups in total. The molecular weight excluding hydrogens is 354 g/mol. The van der Waals surface area contributed by atoms with Crippen molar-refractivity contribution >= 4 is 15.9 Å². The van der Waals surface area contributed by atoms with Gasteiger partial charge in [0.15, 0.2) is 0 Å². The number of rotatable bonds is 4. The predicted octanol–water partition coefficient (Wildman–Crippen LogP) is 1.31. The number of benzene rings is 1. The smallest absolute Gasteiger partial charge is 0.257 e. The van der Waals surface area contributed by atoms with Gasteiger partial charge in [0.1, 0.15) is 5.75 Å². The molecule has 2 saturated heterocycles. The van der Waals surface area contributed by atoms with E-state index in [9.17, 15) is 13.2 Å². The summed E-state index contributed by atoms with van der Waals surface area (Å²) in [5, 5.41) is 3.21. The molecule has 3 rings (SSSR count). The largest absolute Gasteiger partial charge is 0.496 e. The van der Waals surface area contributed by atoms with Crippen LogP contribution in [0.2, 0.25) is 0 Å². The molecule has 26 heavy (non-hydrogen) atoms. The third-order valence-corrected chi connectivity index (χ3v) is 6.90. The van der Waals surface area contributed by atoms with E-state index in [0.29, 0.717) is 37.5 Å². The van der Waals surface area contributed by atoms with Crippen molar-refractivity contribution in [3.8, 4) is 5.75 Å². The van der Waals surface area contributed by atoms with E-state index in [0.717, 1.165) is 38.8 Å². The third kappa shape index (κ3) is 4.02. The molecule has 0 atom stereocenters. The maximum absolute atomic E-state index is 13.0. The molecule has 0 bridgehead atoms. The number of carbonyl (C=O) groups is 1. The van der Waals surface area contributed by atoms with Gasteiger partial charge < -0.3 is 15.0 Å². The van der Waals surface area contributed by atoms with Crippen LogP contribution < -0.4 is 10.1 Å². The van der Waals surface area contributed by atoms with Crippen LogP contribution in [0.25, 0.3) is 0 Å². The first-order valence-electron chi connectivity index (χ1n) is 9.22. The van der Waals surface area contributed by atoms with Crippen LogP contribution in [0.3, 0.4) is 0 Å². The van der Waals surface area contributed by atoms with Crippen LogP contribution in [-0.2, 0) is 10.0 Å². The maximum Gasteiger partial charge on any atom is 0.257 e. The van der Waals surface area contributed by atoms with Crippen molar-refractivity contribution < 1.29 is 17.9 Å². The van der Waals surface area contributed by atoms with E-state index in [1.54, 1.807) is 15.3 Å². The monoisotopic (exact) mass is 381 g/mol. The third-order valence-electron chi connectivity index (χ3n) is 5.01. The topological polar surface area (TPSA) is 79.0 Å². The molecule has 2 heterocycles. The first kappa shape index (κ1) is 19.1. The Morgan fingerprint density at radius 2 is 1.69 bits per heavy atom. The first-order valence-corrected chi connectivity index (χ1v) is 10.7. The Bertz CT molecular complexity index is 737. The molecule has 144 valence electrons. The van der Waals surface area contributed by atoms with Crippen molar-refractivity contribution in [2.45, 2.75) is 30.6 Å². The van der Waals surface area contributed by atoms with Gasteiger partial charge >= 0.3 is 0 Å². The van der Waals surface area contributed by atoms with Gasteiger partial charge in [0.25, 0.3) is 5.91 Å². The average molecular weight is 381 g/mol. The Labute approximate surface area is 155 Å². The van der Waals surface area contributed by atoms with E-state index >= 15 is 0 Å². The van der Waals surface area contributed by atoms with Crippen molar-refractivity contribution in [3.05, 3.63) is 23.8 Å². The Balaban J connectivity index is 1.92. The van der Waals surface area contributed by atoms with E-state index in [1.807, 2.05) is 0 Å². The van der Waals surface area contributed by atoms with Crippen LogP contribution in [-0.4, -0.2) is 69.9 Å². The van der Waals surface area contributed by atoms with Crippen molar-refractivity contribution in [1.29, 1.82) is 0 Å². The van der Waals surface area contributed by atoms with Crippen LogP contribution in [0.5, 0.6) is 5.75 Å². The molecule has 1 aromatic carbocycles. The molecule has 7 nitrogen and oxygen atoms in total. The van der Waals surface area contributed by atoms with E-state index in [-0.39, 0.29) is 10.8 Å². The number of nitrogens with one attached hydrogen (secondary N) is 1. The Morgan fingerprint density at radius 3 is 2.31 bits per heavy atom. The molecule has 1 aromatic rings. The van der Waals surface area contributed by atoms with Gasteiger partial charge in [-0.2, -0.15) is 4.31 Å². The van der Waals surface area contributed by atoms with Crippen LogP contribution in [0.1, 0.15) is 36.0 Å². The zero-order valence-electron chi connectivity index (χ0n) is 15.2. The molecule has 0 aliphatic carbocycles. The zero-order chi connectivity index (χ0) is 18.6. The minimum Gasteiger partial charge on any atom is -0.496 e. The molecule has 2 aliphatic rings. The second-order valence-electron chi connectivity index (χ2n) is 6.72. The lowest BCUT2D eigenvalue weighted by Gasteiger charge is -2.28. The number of sulfonamides is 1. The number of ether oxygens (including phenoxy) is 1. The highest BCUT2D eigenvalue weighted by Gasteiger charge is 2.28. The highest BCUT2D eigenvalue weighted by Crippen LogP contribution is 2.27. The summed E-state index contributed by atoms with van der Waals surface area (Å²) in [5.74, 6) is 0.222. The Morgan fingerprint density at radius 1 is 1.04 bits per heavy atom. The second-order valence-corrected chi connectivity index (χ2v) is 8.66. The van der Waals surface area contributed by atoms with E-state index < -0.39 is 10.0 Å². The average Bonchev–Trinajstić information content (AvgIpc) is 2.97. The molecular formula is C18H27N3O4S. The van der Waals surface area contributed by atoms with Crippen molar-refractivity contribution in [1.82, 2.24) is 14.5 Å². The molecule has 0 aromatic heterocycles. The normalized spacial score (nSPS) is 19.8. The Kier molecular flexibility index (Phi) is 6.16. The number of hydrogen-bond acceptors (Lipinski definition) is 5. The highest BCUT2D eigenvalue weighted by molar-refractivity contribution is 7.89. The molecule has 0 saturated carbocycles. The van der Waals surface area contributed by atoms with Gasteiger partial charge in [-0.1, -0.05) is 12.8 Å². The van der Waals surface area contributed by atoms with Gasteiger partial charge in [-0.05, 0) is 31.0 Å². The van der Waals surface area contributed by atoms with Crippen LogP contribution in [0, 0.1) is 0 Å². The number of piperazine rings is 1. The molecule has 2 aliphatic heterocycles. The summed E-state index contributed by atoms with van der Waals surface area (Å²) in [6.45, 7) is 3.75. The van der Waals surface area contributed by atoms with Gasteiger partial charge in [-0.25, -0.2) is 8.42 Å². The molecule has 1 amide bonds. The number of amides is 1. The van der Waals surface area contributed by atoms with Crippen LogP contribution in [0.4, 0.5) is 0 Å². The summed E-state index contributed by atoms with van der Waals surface area (Å²) in [5.41, 5.74) is 0.310. The van der Waals surface area contributed by atoms with Gasteiger partial charge in [0.2, 0.25) is 10.0 Å². The van der Waals surface area contributed by atoms with Gasteiger partial charge in [-0.3, -0.25) is 4.79 Å². The minimum atomic E-state index is -3.60. The number of methoxy groups -OCH3 is 1. The summed E-state index contributed by atoms with van der Waals surface area (Å²) < 4.78 is 32.9. The summed E-state index contributed by atoms with van der Waals surface area (Å²) in [4.78, 5) is 14.8. The molecule has 0 spiro atoms. The summed E-state index contributed by atoms with van der Waals surface area (Å²) in [6, 6.07) is 4.59. The zero-order valence-corrected chi connectivity index (χ0v) is 16.1. The predicted molar refractivity (Wildman–Crippen MR) is 99.0 cm³/mol. The minimum absolute atomic E-state index is 0.165. The standard InChI is InChI=1S/C18H27N3O4S/c1-25-17-7-6-15(26(23,24)21-10-4-2-3-5-11-21)14-16(17)18(22)20-12-8-19-9-13-20/h6-7,14,19H,2-5,8-13H2,1H3. The Hall–Kier alpha value is -1.64. The molecule has 0 radical (unpaired) electrons. The number of hydrogen-bond donors (Lipinski definition) is 1. The van der Waals surface area contributed by atoms with Gasteiger partial charge in [-0.15, -0.1) is 0 Å². The maximum atomic E-state index is 13.0. The van der Waals surface area contributed by atoms with E-state index in [2.05, 4.69) is 5.32 Å². The lowest BCUT2D eigenvalue weighted by Crippen LogP contribution is -2.46. The van der Waals surface area contributed by atoms with Crippen LogP contribution >= 0.6 is 0 Å². The SMILES string of the molecule is COc1ccc(S(=O)(=O)N2CCCCCC2)cc1C(=O)N1CCNCC1. The summed E-state index contributed by atoms with van der Waals surface area (Å²) in [6.07, 6.45) is 3.87. The van der Waals surface area contributed by atoms with E-state index in [4.69, 9.17) is 4.74 Å². The second kappa shape index (κ2) is 8.37. The fourth-order valence-electron chi connectivity index (χ4n) is 3.48. The van der Waals surface area contributed by atoms with Crippen molar-refractivity contribution in [2.24, 2.45) is 0 Å². The summed E-state index contributed by atoms with van der Waals surface area (Å²) >= 11 is 0. The van der Waals surface area contributed by atoms with Gasteiger partial charge in [0.05, 0.1) is 17.6 Å².